The Hall–Kier alpha value is -2.02. The number of methoxy groups -OCH3 is 1. The van der Waals surface area contributed by atoms with E-state index in [-0.39, 0.29) is 6.04 Å². The van der Waals surface area contributed by atoms with Crippen LogP contribution in [-0.4, -0.2) is 18.2 Å². The van der Waals surface area contributed by atoms with Gasteiger partial charge in [0.25, 0.3) is 5.91 Å². The molecular weight excluding hydrogens is 300 g/mol. The average Bonchev–Trinajstić information content (AvgIpc) is 2.59. The van der Waals surface area contributed by atoms with Crippen LogP contribution < -0.4 is 14.9 Å². The van der Waals surface area contributed by atoms with Crippen molar-refractivity contribution in [1.82, 2.24) is 10.2 Å². The smallest absolute Gasteiger partial charge is 0.274 e. The highest BCUT2D eigenvalue weighted by atomic mass is 32.2. The minimum Gasteiger partial charge on any atom is -0.497 e. The molecule has 0 bridgehead atoms. The second kappa shape index (κ2) is 7.84. The van der Waals surface area contributed by atoms with Gasteiger partial charge in [-0.3, -0.25) is 14.7 Å². The van der Waals surface area contributed by atoms with Gasteiger partial charge < -0.3 is 4.74 Å². The van der Waals surface area contributed by atoms with Gasteiger partial charge in [-0.15, -0.1) is 0 Å². The summed E-state index contributed by atoms with van der Waals surface area (Å²) in [5.74, 6) is 0.315. The quantitative estimate of drug-likeness (QED) is 0.433. The lowest BCUT2D eigenvalue weighted by atomic mass is 10.1. The van der Waals surface area contributed by atoms with E-state index in [2.05, 4.69) is 4.72 Å². The zero-order valence-corrected chi connectivity index (χ0v) is 13.2. The van der Waals surface area contributed by atoms with Crippen molar-refractivity contribution in [2.75, 3.05) is 7.11 Å². The van der Waals surface area contributed by atoms with Crippen molar-refractivity contribution in [2.24, 2.45) is 0 Å². The Labute approximate surface area is 133 Å². The highest BCUT2D eigenvalue weighted by Crippen LogP contribution is 2.23. The van der Waals surface area contributed by atoms with Crippen molar-refractivity contribution < 1.29 is 14.7 Å². The first-order valence-electron chi connectivity index (χ1n) is 6.75. The van der Waals surface area contributed by atoms with Crippen LogP contribution in [0.1, 0.15) is 28.9 Å². The summed E-state index contributed by atoms with van der Waals surface area (Å²) in [6.45, 7) is 2.04. The first-order valence-corrected chi connectivity index (χ1v) is 7.56. The number of hydroxylamine groups is 1. The number of amides is 1. The molecule has 0 fully saturated rings. The maximum absolute atomic E-state index is 11.3. The molecule has 0 aliphatic carbocycles. The number of carbonyl (C=O) groups is 1. The Kier molecular flexibility index (Phi) is 5.83. The molecule has 2 aromatic rings. The molecule has 0 heterocycles. The molecule has 1 unspecified atom stereocenters. The van der Waals surface area contributed by atoms with Gasteiger partial charge in [0.1, 0.15) is 5.75 Å². The largest absolute Gasteiger partial charge is 0.497 e. The Morgan fingerprint density at radius 2 is 1.77 bits per heavy atom. The van der Waals surface area contributed by atoms with Gasteiger partial charge in [0.15, 0.2) is 0 Å². The second-order valence-corrected chi connectivity index (χ2v) is 5.59. The molecule has 116 valence electrons. The Morgan fingerprint density at radius 3 is 2.32 bits per heavy atom. The maximum Gasteiger partial charge on any atom is 0.274 e. The van der Waals surface area contributed by atoms with Gasteiger partial charge >= 0.3 is 0 Å². The fourth-order valence-corrected chi connectivity index (χ4v) is 2.58. The number of carbonyl (C=O) groups excluding carboxylic acids is 1. The van der Waals surface area contributed by atoms with E-state index in [0.717, 1.165) is 16.2 Å². The van der Waals surface area contributed by atoms with Gasteiger partial charge in [0, 0.05) is 16.5 Å². The number of benzene rings is 2. The van der Waals surface area contributed by atoms with Crippen molar-refractivity contribution in [3.05, 3.63) is 59.7 Å². The Balaban J connectivity index is 1.93. The van der Waals surface area contributed by atoms with Gasteiger partial charge in [-0.1, -0.05) is 12.1 Å². The van der Waals surface area contributed by atoms with Gasteiger partial charge in [0.05, 0.1) is 7.11 Å². The molecule has 0 saturated carbocycles. The number of ether oxygens (including phenoxy) is 1. The number of hydrogen-bond donors (Lipinski definition) is 3. The Morgan fingerprint density at radius 1 is 1.14 bits per heavy atom. The molecule has 1 amide bonds. The van der Waals surface area contributed by atoms with E-state index in [1.807, 2.05) is 43.3 Å². The van der Waals surface area contributed by atoms with Crippen LogP contribution in [0.5, 0.6) is 5.75 Å². The van der Waals surface area contributed by atoms with Crippen LogP contribution in [0.4, 0.5) is 0 Å². The van der Waals surface area contributed by atoms with Crippen LogP contribution in [0, 0.1) is 0 Å². The number of rotatable bonds is 6. The molecule has 0 radical (unpaired) electrons. The number of nitrogens with one attached hydrogen (secondary N) is 2. The van der Waals surface area contributed by atoms with E-state index < -0.39 is 5.91 Å². The molecule has 0 aliphatic heterocycles. The third-order valence-electron chi connectivity index (χ3n) is 3.19. The molecular formula is C16H18N2O3S. The van der Waals surface area contributed by atoms with Crippen LogP contribution in [0.15, 0.2) is 53.4 Å². The topological polar surface area (TPSA) is 70.6 Å². The molecule has 5 nitrogen and oxygen atoms in total. The lowest BCUT2D eigenvalue weighted by Gasteiger charge is -2.14. The van der Waals surface area contributed by atoms with E-state index >= 15 is 0 Å². The van der Waals surface area contributed by atoms with Crippen molar-refractivity contribution in [2.45, 2.75) is 17.9 Å². The van der Waals surface area contributed by atoms with Gasteiger partial charge in [-0.25, -0.2) is 5.48 Å². The Bertz CT molecular complexity index is 614. The fourth-order valence-electron chi connectivity index (χ4n) is 1.86. The highest BCUT2D eigenvalue weighted by Gasteiger charge is 2.08. The van der Waals surface area contributed by atoms with Gasteiger partial charge in [-0.05, 0) is 60.8 Å². The molecule has 2 aromatic carbocycles. The van der Waals surface area contributed by atoms with Crippen molar-refractivity contribution >= 4 is 17.9 Å². The molecule has 6 heteroatoms. The van der Waals surface area contributed by atoms with Crippen LogP contribution >= 0.6 is 11.9 Å². The summed E-state index contributed by atoms with van der Waals surface area (Å²) in [4.78, 5) is 12.4. The molecule has 0 aromatic heterocycles. The summed E-state index contributed by atoms with van der Waals surface area (Å²) >= 11 is 1.53. The van der Waals surface area contributed by atoms with E-state index in [9.17, 15) is 4.79 Å². The van der Waals surface area contributed by atoms with Crippen LogP contribution in [0.2, 0.25) is 0 Å². The van der Waals surface area contributed by atoms with Crippen molar-refractivity contribution in [3.63, 3.8) is 0 Å². The first kappa shape index (κ1) is 16.4. The molecule has 22 heavy (non-hydrogen) atoms. The fraction of sp³-hybridized carbons (Fsp3) is 0.188. The standard InChI is InChI=1S/C16H18N2O3S/c1-11(12-3-5-13(6-4-12)16(19)17-20)18-22-15-9-7-14(21-2)8-10-15/h3-11,18,20H,1-2H3,(H,17,19). The monoisotopic (exact) mass is 318 g/mol. The predicted molar refractivity (Wildman–Crippen MR) is 86.1 cm³/mol. The minimum atomic E-state index is -0.514. The minimum absolute atomic E-state index is 0.110. The SMILES string of the molecule is COc1ccc(SNC(C)c2ccc(C(=O)NO)cc2)cc1. The van der Waals surface area contributed by atoms with E-state index in [0.29, 0.717) is 5.56 Å². The van der Waals surface area contributed by atoms with Crippen molar-refractivity contribution in [3.8, 4) is 5.75 Å². The van der Waals surface area contributed by atoms with Gasteiger partial charge in [0.2, 0.25) is 0 Å². The summed E-state index contributed by atoms with van der Waals surface area (Å²) in [6.07, 6.45) is 0. The summed E-state index contributed by atoms with van der Waals surface area (Å²) in [6, 6.07) is 15.0. The first-order chi connectivity index (χ1) is 10.6. The van der Waals surface area contributed by atoms with Crippen LogP contribution in [-0.2, 0) is 0 Å². The predicted octanol–water partition coefficient (Wildman–Crippen LogP) is 3.17. The highest BCUT2D eigenvalue weighted by molar-refractivity contribution is 7.97. The van der Waals surface area contributed by atoms with E-state index in [4.69, 9.17) is 9.94 Å². The zero-order valence-electron chi connectivity index (χ0n) is 12.4. The second-order valence-electron chi connectivity index (χ2n) is 4.68. The summed E-state index contributed by atoms with van der Waals surface area (Å²) in [5, 5.41) is 8.59. The third-order valence-corrected chi connectivity index (χ3v) is 4.17. The summed E-state index contributed by atoms with van der Waals surface area (Å²) < 4.78 is 8.46. The summed E-state index contributed by atoms with van der Waals surface area (Å²) in [5.41, 5.74) is 3.09. The number of hydrogen-bond acceptors (Lipinski definition) is 5. The van der Waals surface area contributed by atoms with Gasteiger partial charge in [-0.2, -0.15) is 0 Å². The molecule has 1 atom stereocenters. The van der Waals surface area contributed by atoms with Crippen molar-refractivity contribution in [1.29, 1.82) is 0 Å². The maximum atomic E-state index is 11.3. The molecule has 3 N–H and O–H groups in total. The molecule has 0 saturated heterocycles. The zero-order chi connectivity index (χ0) is 15.9. The molecule has 0 spiro atoms. The normalized spacial score (nSPS) is 11.8. The third kappa shape index (κ3) is 4.24. The lowest BCUT2D eigenvalue weighted by molar-refractivity contribution is 0.0706. The molecule has 0 aliphatic rings. The van der Waals surface area contributed by atoms with E-state index in [1.165, 1.54) is 11.9 Å². The average molecular weight is 318 g/mol. The molecule has 2 rings (SSSR count). The van der Waals surface area contributed by atoms with E-state index in [1.54, 1.807) is 24.7 Å². The lowest BCUT2D eigenvalue weighted by Crippen LogP contribution is -2.18. The van der Waals surface area contributed by atoms with Crippen LogP contribution in [0.25, 0.3) is 0 Å². The summed E-state index contributed by atoms with van der Waals surface area (Å²) in [7, 11) is 1.64. The van der Waals surface area contributed by atoms with Crippen LogP contribution in [0.3, 0.4) is 0 Å².